The lowest BCUT2D eigenvalue weighted by molar-refractivity contribution is 0.337. The molecule has 2 N–H and O–H groups in total. The number of rotatable bonds is 3. The van der Waals surface area contributed by atoms with Gasteiger partial charge in [-0.25, -0.2) is 0 Å². The Morgan fingerprint density at radius 3 is 2.84 bits per heavy atom. The second-order valence-electron chi connectivity index (χ2n) is 5.83. The van der Waals surface area contributed by atoms with Crippen LogP contribution in [0.1, 0.15) is 24.5 Å². The van der Waals surface area contributed by atoms with E-state index in [4.69, 9.17) is 5.73 Å². The summed E-state index contributed by atoms with van der Waals surface area (Å²) in [6.07, 6.45) is 2.20. The summed E-state index contributed by atoms with van der Waals surface area (Å²) in [6.45, 7) is 8.68. The molecule has 1 aromatic carbocycles. The number of benzene rings is 1. The molecule has 0 aromatic heterocycles. The van der Waals surface area contributed by atoms with Crippen LogP contribution in [0.5, 0.6) is 0 Å². The molecule has 1 aromatic rings. The highest BCUT2D eigenvalue weighted by Crippen LogP contribution is 2.26. The van der Waals surface area contributed by atoms with Gasteiger partial charge in [-0.3, -0.25) is 0 Å². The van der Waals surface area contributed by atoms with Crippen LogP contribution in [0.2, 0.25) is 0 Å². The summed E-state index contributed by atoms with van der Waals surface area (Å²) in [7, 11) is 2.22. The van der Waals surface area contributed by atoms with Crippen molar-refractivity contribution in [1.29, 1.82) is 0 Å². The molecule has 0 bridgehead atoms. The molecule has 1 atom stereocenters. The van der Waals surface area contributed by atoms with Gasteiger partial charge in [0, 0.05) is 24.8 Å². The SMILES string of the molecule is Cc1ccc(N2CCCN(C)CC2C)c(CCN)c1. The molecule has 0 radical (unpaired) electrons. The number of hydrogen-bond acceptors (Lipinski definition) is 3. The largest absolute Gasteiger partial charge is 0.367 e. The van der Waals surface area contributed by atoms with Crippen molar-refractivity contribution in [3.8, 4) is 0 Å². The zero-order chi connectivity index (χ0) is 13.8. The van der Waals surface area contributed by atoms with Gasteiger partial charge < -0.3 is 15.5 Å². The lowest BCUT2D eigenvalue weighted by Crippen LogP contribution is -2.38. The minimum atomic E-state index is 0.562. The first-order valence-corrected chi connectivity index (χ1v) is 7.36. The van der Waals surface area contributed by atoms with Gasteiger partial charge in [0.25, 0.3) is 0 Å². The van der Waals surface area contributed by atoms with Crippen LogP contribution >= 0.6 is 0 Å². The fourth-order valence-corrected chi connectivity index (χ4v) is 3.08. The Balaban J connectivity index is 2.28. The topological polar surface area (TPSA) is 32.5 Å². The Hall–Kier alpha value is -1.06. The molecule has 1 unspecified atom stereocenters. The Labute approximate surface area is 117 Å². The first kappa shape index (κ1) is 14.4. The van der Waals surface area contributed by atoms with E-state index in [0.717, 1.165) is 26.1 Å². The summed E-state index contributed by atoms with van der Waals surface area (Å²) in [6, 6.07) is 7.36. The van der Waals surface area contributed by atoms with Crippen molar-refractivity contribution in [2.24, 2.45) is 5.73 Å². The maximum atomic E-state index is 5.77. The molecule has 19 heavy (non-hydrogen) atoms. The normalized spacial score (nSPS) is 21.5. The number of nitrogens with two attached hydrogens (primary N) is 1. The molecule has 0 amide bonds. The van der Waals surface area contributed by atoms with Gasteiger partial charge in [0.2, 0.25) is 0 Å². The summed E-state index contributed by atoms with van der Waals surface area (Å²) in [4.78, 5) is 5.00. The first-order chi connectivity index (χ1) is 9.11. The number of anilines is 1. The van der Waals surface area contributed by atoms with Crippen molar-refractivity contribution >= 4 is 5.69 Å². The maximum Gasteiger partial charge on any atom is 0.0402 e. The van der Waals surface area contributed by atoms with Gasteiger partial charge >= 0.3 is 0 Å². The van der Waals surface area contributed by atoms with E-state index >= 15 is 0 Å². The van der Waals surface area contributed by atoms with Crippen LogP contribution in [-0.4, -0.2) is 44.2 Å². The van der Waals surface area contributed by atoms with E-state index in [1.165, 1.54) is 29.8 Å². The quantitative estimate of drug-likeness (QED) is 0.903. The number of aryl methyl sites for hydroxylation is 1. The molecule has 0 spiro atoms. The summed E-state index contributed by atoms with van der Waals surface area (Å²) < 4.78 is 0. The van der Waals surface area contributed by atoms with Crippen molar-refractivity contribution in [1.82, 2.24) is 4.90 Å². The molecule has 0 saturated carbocycles. The Morgan fingerprint density at radius 1 is 1.32 bits per heavy atom. The highest BCUT2D eigenvalue weighted by atomic mass is 15.2. The summed E-state index contributed by atoms with van der Waals surface area (Å²) >= 11 is 0. The van der Waals surface area contributed by atoms with Crippen LogP contribution in [-0.2, 0) is 6.42 Å². The van der Waals surface area contributed by atoms with Crippen molar-refractivity contribution < 1.29 is 0 Å². The molecule has 106 valence electrons. The average molecular weight is 261 g/mol. The molecule has 1 aliphatic rings. The maximum absolute atomic E-state index is 5.77. The molecule has 1 saturated heterocycles. The van der Waals surface area contributed by atoms with Crippen LogP contribution in [0, 0.1) is 6.92 Å². The van der Waals surface area contributed by atoms with Crippen molar-refractivity contribution in [2.75, 3.05) is 38.1 Å². The van der Waals surface area contributed by atoms with Gasteiger partial charge in [0.05, 0.1) is 0 Å². The van der Waals surface area contributed by atoms with Gasteiger partial charge in [-0.15, -0.1) is 0 Å². The van der Waals surface area contributed by atoms with E-state index in [2.05, 4.69) is 48.9 Å². The molecule has 1 aliphatic heterocycles. The summed E-state index contributed by atoms with van der Waals surface area (Å²) in [5, 5.41) is 0. The van der Waals surface area contributed by atoms with Crippen LogP contribution in [0.4, 0.5) is 5.69 Å². The molecule has 1 fully saturated rings. The van der Waals surface area contributed by atoms with Crippen molar-refractivity contribution in [3.05, 3.63) is 29.3 Å². The summed E-state index contributed by atoms with van der Waals surface area (Å²) in [5.41, 5.74) is 9.89. The predicted octanol–water partition coefficient (Wildman–Crippen LogP) is 2.03. The van der Waals surface area contributed by atoms with Crippen LogP contribution < -0.4 is 10.6 Å². The van der Waals surface area contributed by atoms with E-state index in [9.17, 15) is 0 Å². The lowest BCUT2D eigenvalue weighted by atomic mass is 10.0. The van der Waals surface area contributed by atoms with E-state index in [-0.39, 0.29) is 0 Å². The Morgan fingerprint density at radius 2 is 2.11 bits per heavy atom. The predicted molar refractivity (Wildman–Crippen MR) is 82.9 cm³/mol. The lowest BCUT2D eigenvalue weighted by Gasteiger charge is -2.32. The Bertz CT molecular complexity index is 416. The van der Waals surface area contributed by atoms with Crippen LogP contribution in [0.15, 0.2) is 18.2 Å². The number of nitrogens with zero attached hydrogens (tertiary/aromatic N) is 2. The van der Waals surface area contributed by atoms with E-state index in [1.54, 1.807) is 0 Å². The summed E-state index contributed by atoms with van der Waals surface area (Å²) in [5.74, 6) is 0. The van der Waals surface area contributed by atoms with E-state index in [0.29, 0.717) is 6.04 Å². The van der Waals surface area contributed by atoms with Crippen LogP contribution in [0.25, 0.3) is 0 Å². The zero-order valence-electron chi connectivity index (χ0n) is 12.5. The Kier molecular flexibility index (Phi) is 4.83. The van der Waals surface area contributed by atoms with Crippen LogP contribution in [0.3, 0.4) is 0 Å². The third-order valence-electron chi connectivity index (χ3n) is 4.00. The van der Waals surface area contributed by atoms with Crippen molar-refractivity contribution in [3.63, 3.8) is 0 Å². The van der Waals surface area contributed by atoms with Gasteiger partial charge in [0.15, 0.2) is 0 Å². The molecule has 2 rings (SSSR count). The minimum absolute atomic E-state index is 0.562. The van der Waals surface area contributed by atoms with Gasteiger partial charge in [0.1, 0.15) is 0 Å². The highest BCUT2D eigenvalue weighted by molar-refractivity contribution is 5.56. The first-order valence-electron chi connectivity index (χ1n) is 7.36. The van der Waals surface area contributed by atoms with Gasteiger partial charge in [-0.2, -0.15) is 0 Å². The fourth-order valence-electron chi connectivity index (χ4n) is 3.08. The molecule has 0 aliphatic carbocycles. The molecular weight excluding hydrogens is 234 g/mol. The third-order valence-corrected chi connectivity index (χ3v) is 4.00. The fraction of sp³-hybridized carbons (Fsp3) is 0.625. The van der Waals surface area contributed by atoms with Gasteiger partial charge in [-0.1, -0.05) is 17.7 Å². The highest BCUT2D eigenvalue weighted by Gasteiger charge is 2.21. The molecular formula is C16H27N3. The number of hydrogen-bond donors (Lipinski definition) is 1. The average Bonchev–Trinajstić information content (AvgIpc) is 2.51. The smallest absolute Gasteiger partial charge is 0.0402 e. The third kappa shape index (κ3) is 3.48. The minimum Gasteiger partial charge on any atom is -0.367 e. The second kappa shape index (κ2) is 6.40. The van der Waals surface area contributed by atoms with Gasteiger partial charge in [-0.05, 0) is 58.5 Å². The van der Waals surface area contributed by atoms with E-state index in [1.807, 2.05) is 0 Å². The number of likely N-dealkylation sites (N-methyl/N-ethyl adjacent to an activating group) is 1. The molecule has 3 nitrogen and oxygen atoms in total. The monoisotopic (exact) mass is 261 g/mol. The van der Waals surface area contributed by atoms with Crippen molar-refractivity contribution in [2.45, 2.75) is 32.7 Å². The zero-order valence-corrected chi connectivity index (χ0v) is 12.5. The van der Waals surface area contributed by atoms with E-state index < -0.39 is 0 Å². The molecule has 1 heterocycles. The molecule has 3 heteroatoms. The second-order valence-corrected chi connectivity index (χ2v) is 5.83. The standard InChI is InChI=1S/C16H27N3/c1-13-5-6-16(15(11-13)7-8-17)19-10-4-9-18(3)12-14(19)2/h5-6,11,14H,4,7-10,12,17H2,1-3H3.